The lowest BCUT2D eigenvalue weighted by Crippen LogP contribution is -2.39. The Morgan fingerprint density at radius 3 is 2.91 bits per heavy atom. The van der Waals surface area contributed by atoms with Crippen LogP contribution >= 0.6 is 12.4 Å². The van der Waals surface area contributed by atoms with E-state index in [9.17, 15) is 18.3 Å². The standard InChI is InChI=1S/C13H18N4O4S.ClH/c18-11-7-14-5-10(11)6-15-13(19)9-1-2-12-16-22(20,21)4-3-17(12)8-9;/h1-2,8,10-11,14,18H,3-7H2,(H,15,19);1H. The first kappa shape index (κ1) is 17.9. The largest absolute Gasteiger partial charge is 0.391 e. The first-order valence-corrected chi connectivity index (χ1v) is 8.72. The number of aliphatic hydroxyl groups is 1. The molecular weight excluding hydrogens is 344 g/mol. The van der Waals surface area contributed by atoms with E-state index >= 15 is 0 Å². The van der Waals surface area contributed by atoms with Gasteiger partial charge in [-0.2, -0.15) is 0 Å². The van der Waals surface area contributed by atoms with E-state index in [4.69, 9.17) is 0 Å². The van der Waals surface area contributed by atoms with Crippen molar-refractivity contribution in [1.29, 1.82) is 0 Å². The fraction of sp³-hybridized carbons (Fsp3) is 0.538. The Morgan fingerprint density at radius 2 is 2.22 bits per heavy atom. The number of carbonyl (C=O) groups is 1. The van der Waals surface area contributed by atoms with Gasteiger partial charge in [-0.1, -0.05) is 0 Å². The fourth-order valence-corrected chi connectivity index (χ4v) is 3.56. The molecule has 0 aliphatic carbocycles. The van der Waals surface area contributed by atoms with Crippen LogP contribution in [-0.4, -0.2) is 68.2 Å². The molecule has 23 heavy (non-hydrogen) atoms. The van der Waals surface area contributed by atoms with Gasteiger partial charge in [0.1, 0.15) is 5.84 Å². The minimum atomic E-state index is -3.39. The molecule has 2 unspecified atom stereocenters. The van der Waals surface area contributed by atoms with E-state index in [1.165, 1.54) is 6.08 Å². The predicted octanol–water partition coefficient (Wildman–Crippen LogP) is -1.40. The maximum atomic E-state index is 12.1. The number of fused-ring (bicyclic) bond motifs is 1. The van der Waals surface area contributed by atoms with Crippen LogP contribution in [-0.2, 0) is 14.8 Å². The van der Waals surface area contributed by atoms with Crippen molar-refractivity contribution in [2.24, 2.45) is 10.3 Å². The maximum Gasteiger partial charge on any atom is 0.256 e. The molecule has 1 amide bonds. The van der Waals surface area contributed by atoms with E-state index in [-0.39, 0.29) is 36.5 Å². The molecule has 3 N–H and O–H groups in total. The molecule has 3 aliphatic rings. The molecule has 0 saturated carbocycles. The summed E-state index contributed by atoms with van der Waals surface area (Å²) >= 11 is 0. The van der Waals surface area contributed by atoms with Crippen LogP contribution in [0.15, 0.2) is 28.3 Å². The highest BCUT2D eigenvalue weighted by Crippen LogP contribution is 2.16. The molecule has 0 aromatic rings. The Morgan fingerprint density at radius 1 is 1.43 bits per heavy atom. The maximum absolute atomic E-state index is 12.1. The average Bonchev–Trinajstić information content (AvgIpc) is 2.88. The molecule has 8 nitrogen and oxygen atoms in total. The zero-order valence-electron chi connectivity index (χ0n) is 12.3. The number of nitrogens with one attached hydrogen (secondary N) is 2. The van der Waals surface area contributed by atoms with Crippen molar-refractivity contribution in [2.75, 3.05) is 31.9 Å². The van der Waals surface area contributed by atoms with Gasteiger partial charge in [0.2, 0.25) is 0 Å². The summed E-state index contributed by atoms with van der Waals surface area (Å²) in [5.74, 6) is 0.0331. The van der Waals surface area contributed by atoms with Crippen LogP contribution in [0.1, 0.15) is 0 Å². The Kier molecular flexibility index (Phi) is 5.45. The van der Waals surface area contributed by atoms with E-state index in [2.05, 4.69) is 15.0 Å². The summed E-state index contributed by atoms with van der Waals surface area (Å²) in [7, 11) is -3.39. The van der Waals surface area contributed by atoms with Gasteiger partial charge >= 0.3 is 0 Å². The number of carbonyl (C=O) groups excluding carboxylic acids is 1. The molecule has 0 radical (unpaired) electrons. The zero-order chi connectivity index (χ0) is 15.7. The fourth-order valence-electron chi connectivity index (χ4n) is 2.59. The number of hydrogen-bond donors (Lipinski definition) is 3. The lowest BCUT2D eigenvalue weighted by Gasteiger charge is -2.27. The van der Waals surface area contributed by atoms with E-state index in [0.717, 1.165) is 0 Å². The van der Waals surface area contributed by atoms with E-state index in [1.807, 2.05) is 0 Å². The summed E-state index contributed by atoms with van der Waals surface area (Å²) in [5.41, 5.74) is 0.443. The predicted molar refractivity (Wildman–Crippen MR) is 87.8 cm³/mol. The van der Waals surface area contributed by atoms with Gasteiger partial charge in [-0.15, -0.1) is 16.8 Å². The van der Waals surface area contributed by atoms with E-state index in [1.54, 1.807) is 17.2 Å². The van der Waals surface area contributed by atoms with E-state index < -0.39 is 16.1 Å². The number of sulfonamides is 1. The Hall–Kier alpha value is -1.42. The molecule has 1 fully saturated rings. The summed E-state index contributed by atoms with van der Waals surface area (Å²) in [5, 5.41) is 15.5. The van der Waals surface area contributed by atoms with Crippen molar-refractivity contribution in [3.63, 3.8) is 0 Å². The number of β-amino-alcohol motifs (C(OH)–C–C–N with tert-alkyl or cyclic N) is 1. The van der Waals surface area contributed by atoms with Crippen LogP contribution < -0.4 is 10.6 Å². The number of amides is 1. The molecule has 3 heterocycles. The van der Waals surface area contributed by atoms with Crippen LogP contribution in [0.4, 0.5) is 0 Å². The number of hydrogen-bond acceptors (Lipinski definition) is 6. The van der Waals surface area contributed by atoms with Crippen LogP contribution in [0.5, 0.6) is 0 Å². The minimum absolute atomic E-state index is 0. The third kappa shape index (κ3) is 4.11. The van der Waals surface area contributed by atoms with Gasteiger partial charge in [-0.3, -0.25) is 4.79 Å². The lowest BCUT2D eigenvalue weighted by atomic mass is 10.1. The number of halogens is 1. The van der Waals surface area contributed by atoms with Gasteiger partial charge in [0, 0.05) is 38.3 Å². The summed E-state index contributed by atoms with van der Waals surface area (Å²) < 4.78 is 26.5. The smallest absolute Gasteiger partial charge is 0.256 e. The highest BCUT2D eigenvalue weighted by atomic mass is 35.5. The Labute approximate surface area is 140 Å². The molecule has 10 heteroatoms. The number of rotatable bonds is 3. The van der Waals surface area contributed by atoms with Gasteiger partial charge < -0.3 is 20.6 Å². The van der Waals surface area contributed by atoms with Crippen molar-refractivity contribution in [1.82, 2.24) is 15.5 Å². The molecule has 0 spiro atoms. The number of aliphatic hydroxyl groups excluding tert-OH is 1. The molecule has 0 aromatic carbocycles. The van der Waals surface area contributed by atoms with Crippen LogP contribution in [0.25, 0.3) is 0 Å². The topological polar surface area (TPSA) is 111 Å². The molecule has 0 aromatic heterocycles. The highest BCUT2D eigenvalue weighted by Gasteiger charge is 2.27. The Balaban J connectivity index is 0.00000192. The van der Waals surface area contributed by atoms with Crippen molar-refractivity contribution in [2.45, 2.75) is 6.10 Å². The summed E-state index contributed by atoms with van der Waals surface area (Å²) in [6.45, 7) is 1.91. The van der Waals surface area contributed by atoms with Gasteiger partial charge in [0.05, 0.1) is 17.4 Å². The Bertz CT molecular complexity index is 673. The van der Waals surface area contributed by atoms with Crippen LogP contribution in [0, 0.1) is 5.92 Å². The van der Waals surface area contributed by atoms with Gasteiger partial charge in [-0.25, -0.2) is 8.42 Å². The minimum Gasteiger partial charge on any atom is -0.391 e. The summed E-state index contributed by atoms with van der Waals surface area (Å²) in [4.78, 5) is 13.8. The van der Waals surface area contributed by atoms with Gasteiger partial charge in [0.15, 0.2) is 0 Å². The van der Waals surface area contributed by atoms with Crippen LogP contribution in [0.3, 0.4) is 0 Å². The summed E-state index contributed by atoms with van der Waals surface area (Å²) in [6, 6.07) is 0. The molecule has 2 atom stereocenters. The molecule has 128 valence electrons. The second-order valence-electron chi connectivity index (χ2n) is 5.54. The zero-order valence-corrected chi connectivity index (χ0v) is 13.9. The van der Waals surface area contributed by atoms with E-state index in [0.29, 0.717) is 31.0 Å². The monoisotopic (exact) mass is 362 g/mol. The first-order chi connectivity index (χ1) is 10.4. The van der Waals surface area contributed by atoms with Crippen LogP contribution in [0.2, 0.25) is 0 Å². The number of amidine groups is 1. The second kappa shape index (κ2) is 7.00. The third-order valence-electron chi connectivity index (χ3n) is 3.92. The van der Waals surface area contributed by atoms with Crippen molar-refractivity contribution in [3.8, 4) is 0 Å². The number of nitrogens with zero attached hydrogens (tertiary/aromatic N) is 2. The lowest BCUT2D eigenvalue weighted by molar-refractivity contribution is -0.117. The molecule has 1 saturated heterocycles. The molecular formula is C13H19ClN4O4S. The van der Waals surface area contributed by atoms with Gasteiger partial charge in [0.25, 0.3) is 15.9 Å². The van der Waals surface area contributed by atoms with Crippen molar-refractivity contribution in [3.05, 3.63) is 23.9 Å². The van der Waals surface area contributed by atoms with Crippen molar-refractivity contribution < 1.29 is 18.3 Å². The highest BCUT2D eigenvalue weighted by molar-refractivity contribution is 7.90. The average molecular weight is 363 g/mol. The van der Waals surface area contributed by atoms with Gasteiger partial charge in [-0.05, 0) is 12.2 Å². The summed E-state index contributed by atoms with van der Waals surface area (Å²) in [6.07, 6.45) is 4.24. The first-order valence-electron chi connectivity index (χ1n) is 7.11. The van der Waals surface area contributed by atoms with Crippen molar-refractivity contribution >= 4 is 34.2 Å². The third-order valence-corrected chi connectivity index (χ3v) is 5.08. The molecule has 0 bridgehead atoms. The quantitative estimate of drug-likeness (QED) is 0.569. The second-order valence-corrected chi connectivity index (χ2v) is 7.30. The molecule has 3 aliphatic heterocycles. The normalized spacial score (nSPS) is 28.3. The molecule has 3 rings (SSSR count). The SMILES string of the molecule is Cl.O=C(NCC1CNCC1O)C1=CN2CCS(=O)(=O)N=C2C=C1.